The molecular weight excluding hydrogens is 237 g/mol. The van der Waals surface area contributed by atoms with Gasteiger partial charge in [-0.2, -0.15) is 8.42 Å². The minimum atomic E-state index is -5.02. The van der Waals surface area contributed by atoms with Crippen LogP contribution in [0.4, 0.5) is 3.89 Å². The maximum atomic E-state index is 12.3. The third-order valence-electron chi connectivity index (χ3n) is 2.26. The van der Waals surface area contributed by atoms with Crippen LogP contribution in [0, 0.1) is 0 Å². The van der Waals surface area contributed by atoms with Crippen LogP contribution in [0.15, 0.2) is 18.2 Å². The zero-order valence-corrected chi connectivity index (χ0v) is 9.12. The smallest absolute Gasteiger partial charge is 0.358 e. The fourth-order valence-electron chi connectivity index (χ4n) is 1.61. The highest BCUT2D eigenvalue weighted by atomic mass is 32.3. The van der Waals surface area contributed by atoms with Crippen molar-refractivity contribution in [1.82, 2.24) is 4.90 Å². The minimum Gasteiger partial charge on any atom is -0.358 e. The van der Waals surface area contributed by atoms with Gasteiger partial charge in [0.05, 0.1) is 0 Å². The van der Waals surface area contributed by atoms with Gasteiger partial charge in [-0.15, -0.1) is 0 Å². The molecule has 0 unspecified atom stereocenters. The molecule has 1 aromatic carbocycles. The molecule has 0 bridgehead atoms. The van der Waals surface area contributed by atoms with Crippen molar-refractivity contribution < 1.29 is 21.3 Å². The first kappa shape index (κ1) is 10.9. The molecule has 5 nitrogen and oxygen atoms in total. The third-order valence-corrected chi connectivity index (χ3v) is 2.65. The van der Waals surface area contributed by atoms with Crippen molar-refractivity contribution in [2.24, 2.45) is 0 Å². The Morgan fingerprint density at radius 3 is 2.75 bits per heavy atom. The molecule has 0 atom stereocenters. The SMILES string of the molecule is CN1Cc2cc(OS(=O)(=O)F)ccc2C1=O. The molecule has 0 saturated heterocycles. The van der Waals surface area contributed by atoms with E-state index in [2.05, 4.69) is 4.18 Å². The Kier molecular flexibility index (Phi) is 2.34. The third kappa shape index (κ3) is 1.99. The molecule has 0 saturated carbocycles. The largest absolute Gasteiger partial charge is 0.488 e. The van der Waals surface area contributed by atoms with Gasteiger partial charge in [-0.1, -0.05) is 3.89 Å². The van der Waals surface area contributed by atoms with Gasteiger partial charge in [-0.25, -0.2) is 0 Å². The second-order valence-corrected chi connectivity index (χ2v) is 4.41. The van der Waals surface area contributed by atoms with Gasteiger partial charge in [0, 0.05) is 19.2 Å². The van der Waals surface area contributed by atoms with Crippen LogP contribution in [0.25, 0.3) is 0 Å². The van der Waals surface area contributed by atoms with Crippen LogP contribution < -0.4 is 4.18 Å². The van der Waals surface area contributed by atoms with E-state index in [9.17, 15) is 17.1 Å². The summed E-state index contributed by atoms with van der Waals surface area (Å²) in [6.45, 7) is 0.359. The van der Waals surface area contributed by atoms with Gasteiger partial charge >= 0.3 is 10.5 Å². The summed E-state index contributed by atoms with van der Waals surface area (Å²) in [6, 6.07) is 4.00. The molecule has 0 aliphatic carbocycles. The molecule has 86 valence electrons. The Morgan fingerprint density at radius 2 is 2.12 bits per heavy atom. The summed E-state index contributed by atoms with van der Waals surface area (Å²) in [6.07, 6.45) is 0. The van der Waals surface area contributed by atoms with Crippen LogP contribution in [0.3, 0.4) is 0 Å². The van der Waals surface area contributed by atoms with Gasteiger partial charge in [-0.05, 0) is 23.8 Å². The second-order valence-electron chi connectivity index (χ2n) is 3.46. The van der Waals surface area contributed by atoms with E-state index in [0.717, 1.165) is 0 Å². The summed E-state index contributed by atoms with van der Waals surface area (Å²) in [5.74, 6) is -0.283. The van der Waals surface area contributed by atoms with E-state index in [1.165, 1.54) is 23.1 Å². The first-order valence-corrected chi connectivity index (χ1v) is 5.70. The molecular formula is C9H8FNO4S. The van der Waals surface area contributed by atoms with Gasteiger partial charge in [0.15, 0.2) is 0 Å². The monoisotopic (exact) mass is 245 g/mol. The first-order valence-electron chi connectivity index (χ1n) is 4.39. The number of rotatable bonds is 2. The van der Waals surface area contributed by atoms with Crippen LogP contribution in [-0.2, 0) is 17.0 Å². The molecule has 2 rings (SSSR count). The number of amides is 1. The predicted molar refractivity (Wildman–Crippen MR) is 52.9 cm³/mol. The average molecular weight is 245 g/mol. The lowest BCUT2D eigenvalue weighted by molar-refractivity contribution is 0.0816. The van der Waals surface area contributed by atoms with Crippen molar-refractivity contribution in [2.45, 2.75) is 6.54 Å². The number of benzene rings is 1. The lowest BCUT2D eigenvalue weighted by atomic mass is 10.1. The molecule has 1 heterocycles. The summed E-state index contributed by atoms with van der Waals surface area (Å²) in [7, 11) is -3.40. The van der Waals surface area contributed by atoms with Crippen LogP contribution >= 0.6 is 0 Å². The van der Waals surface area contributed by atoms with E-state index in [0.29, 0.717) is 17.7 Å². The molecule has 0 radical (unpaired) electrons. The molecule has 0 fully saturated rings. The zero-order valence-electron chi connectivity index (χ0n) is 8.31. The van der Waals surface area contributed by atoms with Crippen molar-refractivity contribution >= 4 is 16.4 Å². The van der Waals surface area contributed by atoms with Crippen molar-refractivity contribution in [3.8, 4) is 5.75 Å². The Balaban J connectivity index is 2.36. The van der Waals surface area contributed by atoms with Gasteiger partial charge in [0.2, 0.25) is 0 Å². The van der Waals surface area contributed by atoms with E-state index in [-0.39, 0.29) is 11.7 Å². The zero-order chi connectivity index (χ0) is 11.9. The van der Waals surface area contributed by atoms with E-state index in [4.69, 9.17) is 0 Å². The van der Waals surface area contributed by atoms with Crippen molar-refractivity contribution in [1.29, 1.82) is 0 Å². The normalized spacial score (nSPS) is 15.1. The summed E-state index contributed by atoms with van der Waals surface area (Å²) in [5, 5.41) is 0. The Morgan fingerprint density at radius 1 is 1.44 bits per heavy atom. The summed E-state index contributed by atoms with van der Waals surface area (Å²) in [5.41, 5.74) is 1.10. The lowest BCUT2D eigenvalue weighted by Gasteiger charge is -2.04. The minimum absolute atomic E-state index is 0.135. The summed E-state index contributed by atoms with van der Waals surface area (Å²) in [4.78, 5) is 13.0. The molecule has 16 heavy (non-hydrogen) atoms. The Labute approximate surface area is 91.9 Å². The van der Waals surface area contributed by atoms with Crippen molar-refractivity contribution in [3.63, 3.8) is 0 Å². The summed E-state index contributed by atoms with van der Waals surface area (Å²) < 4.78 is 36.9. The van der Waals surface area contributed by atoms with Crippen LogP contribution in [-0.4, -0.2) is 26.3 Å². The summed E-state index contributed by atoms with van der Waals surface area (Å²) >= 11 is 0. The standard InChI is InChI=1S/C9H8FNO4S/c1-11-5-6-4-7(15-16(10,13)14)2-3-8(6)9(11)12/h2-4H,5H2,1H3. The molecule has 7 heteroatoms. The number of hydrogen-bond acceptors (Lipinski definition) is 4. The predicted octanol–water partition coefficient (Wildman–Crippen LogP) is 0.865. The molecule has 1 aliphatic rings. The van der Waals surface area contributed by atoms with Gasteiger partial charge in [-0.3, -0.25) is 4.79 Å². The molecule has 0 spiro atoms. The van der Waals surface area contributed by atoms with Crippen LogP contribution in [0.2, 0.25) is 0 Å². The van der Waals surface area contributed by atoms with Crippen molar-refractivity contribution in [3.05, 3.63) is 29.3 Å². The first-order chi connectivity index (χ1) is 7.37. The number of halogens is 1. The molecule has 1 aromatic rings. The molecule has 0 N–H and O–H groups in total. The molecule has 1 aliphatic heterocycles. The fourth-order valence-corrected chi connectivity index (χ4v) is 1.94. The number of carbonyl (C=O) groups excluding carboxylic acids is 1. The number of carbonyl (C=O) groups is 1. The van der Waals surface area contributed by atoms with Gasteiger partial charge < -0.3 is 9.08 Å². The van der Waals surface area contributed by atoms with E-state index < -0.39 is 10.5 Å². The highest BCUT2D eigenvalue weighted by Crippen LogP contribution is 2.26. The van der Waals surface area contributed by atoms with Gasteiger partial charge in [0.25, 0.3) is 5.91 Å². The number of nitrogens with zero attached hydrogens (tertiary/aromatic N) is 1. The Bertz CT molecular complexity index is 555. The maximum Gasteiger partial charge on any atom is 0.488 e. The topological polar surface area (TPSA) is 63.7 Å². The average Bonchev–Trinajstić information content (AvgIpc) is 2.40. The van der Waals surface area contributed by atoms with Gasteiger partial charge in [0.1, 0.15) is 5.75 Å². The second kappa shape index (κ2) is 3.44. The quantitative estimate of drug-likeness (QED) is 0.725. The van der Waals surface area contributed by atoms with E-state index in [1.54, 1.807) is 7.05 Å². The highest BCUT2D eigenvalue weighted by molar-refractivity contribution is 7.81. The maximum absolute atomic E-state index is 12.3. The molecule has 1 amide bonds. The van der Waals surface area contributed by atoms with Crippen LogP contribution in [0.1, 0.15) is 15.9 Å². The fraction of sp³-hybridized carbons (Fsp3) is 0.222. The number of fused-ring (bicyclic) bond motifs is 1. The Hall–Kier alpha value is -1.63. The van der Waals surface area contributed by atoms with Crippen molar-refractivity contribution in [2.75, 3.05) is 7.05 Å². The number of hydrogen-bond donors (Lipinski definition) is 0. The van der Waals surface area contributed by atoms with E-state index >= 15 is 0 Å². The van der Waals surface area contributed by atoms with E-state index in [1.807, 2.05) is 0 Å². The molecule has 0 aromatic heterocycles. The lowest BCUT2D eigenvalue weighted by Crippen LogP contribution is -2.17. The highest BCUT2D eigenvalue weighted by Gasteiger charge is 2.25. The van der Waals surface area contributed by atoms with Crippen LogP contribution in [0.5, 0.6) is 5.75 Å².